The number of rotatable bonds is 3. The van der Waals surface area contributed by atoms with Gasteiger partial charge in [-0.2, -0.15) is 0 Å². The average molecular weight is 296 g/mol. The molecule has 1 aliphatic heterocycles. The number of aromatic nitrogens is 1. The molecule has 0 amide bonds. The Morgan fingerprint density at radius 3 is 2.68 bits per heavy atom. The predicted molar refractivity (Wildman–Crippen MR) is 85.1 cm³/mol. The van der Waals surface area contributed by atoms with Gasteiger partial charge in [-0.25, -0.2) is 4.79 Å². The molecule has 4 nitrogen and oxygen atoms in total. The molecule has 22 heavy (non-hydrogen) atoms. The second kappa shape index (κ2) is 6.28. The third-order valence-electron chi connectivity index (χ3n) is 4.29. The van der Waals surface area contributed by atoms with Gasteiger partial charge in [-0.15, -0.1) is 0 Å². The summed E-state index contributed by atoms with van der Waals surface area (Å²) in [5.74, 6) is -0.435. The van der Waals surface area contributed by atoms with Crippen LogP contribution in [0.3, 0.4) is 0 Å². The molecule has 1 aliphatic rings. The van der Waals surface area contributed by atoms with Gasteiger partial charge in [0.25, 0.3) is 0 Å². The molecule has 2 atom stereocenters. The van der Waals surface area contributed by atoms with Gasteiger partial charge in [-0.3, -0.25) is 4.98 Å². The predicted octanol–water partition coefficient (Wildman–Crippen LogP) is 3.30. The molecule has 2 aromatic rings. The molecule has 2 N–H and O–H groups in total. The van der Waals surface area contributed by atoms with E-state index in [1.165, 1.54) is 0 Å². The van der Waals surface area contributed by atoms with Gasteiger partial charge >= 0.3 is 5.97 Å². The molecule has 1 unspecified atom stereocenters. The first-order valence-electron chi connectivity index (χ1n) is 7.63. The first kappa shape index (κ1) is 14.7. The number of hydrogen-bond donors (Lipinski definition) is 2. The fourth-order valence-corrected chi connectivity index (χ4v) is 3.09. The first-order valence-corrected chi connectivity index (χ1v) is 7.63. The fourth-order valence-electron chi connectivity index (χ4n) is 3.09. The Labute approximate surface area is 130 Å². The summed E-state index contributed by atoms with van der Waals surface area (Å²) in [6, 6.07) is 13.6. The molecule has 4 heteroatoms. The third-order valence-corrected chi connectivity index (χ3v) is 4.29. The zero-order valence-corrected chi connectivity index (χ0v) is 12.6. The van der Waals surface area contributed by atoms with Crippen molar-refractivity contribution >= 4 is 5.97 Å². The molecule has 114 valence electrons. The second-order valence-electron chi connectivity index (χ2n) is 5.86. The van der Waals surface area contributed by atoms with E-state index in [1.807, 2.05) is 25.1 Å². The zero-order chi connectivity index (χ0) is 15.5. The summed E-state index contributed by atoms with van der Waals surface area (Å²) < 4.78 is 0. The molecule has 1 aromatic carbocycles. The van der Waals surface area contributed by atoms with Crippen molar-refractivity contribution in [3.8, 4) is 0 Å². The largest absolute Gasteiger partial charge is 0.478 e. The first-order chi connectivity index (χ1) is 10.6. The maximum absolute atomic E-state index is 10.9. The van der Waals surface area contributed by atoms with Crippen LogP contribution in [0.25, 0.3) is 0 Å². The van der Waals surface area contributed by atoms with Gasteiger partial charge in [0.2, 0.25) is 0 Å². The van der Waals surface area contributed by atoms with Gasteiger partial charge in [0.05, 0.1) is 5.56 Å². The van der Waals surface area contributed by atoms with Crippen LogP contribution in [0, 0.1) is 6.92 Å². The van der Waals surface area contributed by atoms with Crippen LogP contribution < -0.4 is 5.32 Å². The maximum Gasteiger partial charge on any atom is 0.335 e. The van der Waals surface area contributed by atoms with Gasteiger partial charge in [0.1, 0.15) is 0 Å². The topological polar surface area (TPSA) is 62.2 Å². The van der Waals surface area contributed by atoms with E-state index < -0.39 is 5.97 Å². The highest BCUT2D eigenvalue weighted by Gasteiger charge is 2.24. The van der Waals surface area contributed by atoms with E-state index in [-0.39, 0.29) is 6.04 Å². The number of nitrogens with one attached hydrogen (secondary N) is 1. The molecular formula is C18H20N2O2. The normalized spacial score (nSPS) is 21.5. The number of carbonyl (C=O) groups is 1. The van der Waals surface area contributed by atoms with Crippen molar-refractivity contribution in [1.29, 1.82) is 0 Å². The summed E-state index contributed by atoms with van der Waals surface area (Å²) in [5.41, 5.74) is 3.69. The molecule has 1 aromatic heterocycles. The van der Waals surface area contributed by atoms with Gasteiger partial charge in [-0.05, 0) is 56.1 Å². The van der Waals surface area contributed by atoms with Crippen molar-refractivity contribution in [3.63, 3.8) is 0 Å². The van der Waals surface area contributed by atoms with E-state index in [0.717, 1.165) is 36.3 Å². The van der Waals surface area contributed by atoms with Crippen molar-refractivity contribution in [2.75, 3.05) is 6.54 Å². The van der Waals surface area contributed by atoms with E-state index >= 15 is 0 Å². The van der Waals surface area contributed by atoms with Gasteiger partial charge in [0, 0.05) is 23.3 Å². The minimum Gasteiger partial charge on any atom is -0.478 e. The van der Waals surface area contributed by atoms with Crippen LogP contribution in [0.5, 0.6) is 0 Å². The maximum atomic E-state index is 10.9. The molecule has 1 saturated heterocycles. The number of nitrogens with zero attached hydrogens (tertiary/aromatic N) is 1. The van der Waals surface area contributed by atoms with E-state index in [0.29, 0.717) is 11.5 Å². The number of piperidine rings is 1. The monoisotopic (exact) mass is 296 g/mol. The highest BCUT2D eigenvalue weighted by molar-refractivity contribution is 5.87. The van der Waals surface area contributed by atoms with E-state index in [4.69, 9.17) is 5.11 Å². The Hall–Kier alpha value is -2.20. The summed E-state index contributed by atoms with van der Waals surface area (Å²) in [7, 11) is 0. The summed E-state index contributed by atoms with van der Waals surface area (Å²) in [6.07, 6.45) is 2.07. The summed E-state index contributed by atoms with van der Waals surface area (Å²) in [4.78, 5) is 15.6. The lowest BCUT2D eigenvalue weighted by Crippen LogP contribution is -2.31. The minimum absolute atomic E-state index is 0.254. The molecule has 0 saturated carbocycles. The van der Waals surface area contributed by atoms with Crippen molar-refractivity contribution in [2.45, 2.75) is 31.7 Å². The Balaban J connectivity index is 1.76. The van der Waals surface area contributed by atoms with Gasteiger partial charge < -0.3 is 10.4 Å². The lowest BCUT2D eigenvalue weighted by Gasteiger charge is -2.30. The molecule has 1 fully saturated rings. The van der Waals surface area contributed by atoms with Crippen LogP contribution in [-0.2, 0) is 0 Å². The summed E-state index contributed by atoms with van der Waals surface area (Å²) in [5, 5.41) is 12.5. The highest BCUT2D eigenvalue weighted by atomic mass is 16.4. The van der Waals surface area contributed by atoms with Crippen LogP contribution in [0.2, 0.25) is 0 Å². The van der Waals surface area contributed by atoms with Gasteiger partial charge in [-0.1, -0.05) is 18.2 Å². The smallest absolute Gasteiger partial charge is 0.335 e. The number of benzene rings is 1. The summed E-state index contributed by atoms with van der Waals surface area (Å²) >= 11 is 0. The van der Waals surface area contributed by atoms with E-state index in [9.17, 15) is 4.79 Å². The van der Waals surface area contributed by atoms with Crippen molar-refractivity contribution in [3.05, 3.63) is 65.0 Å². The van der Waals surface area contributed by atoms with Crippen LogP contribution in [0.15, 0.2) is 42.5 Å². The second-order valence-corrected chi connectivity index (χ2v) is 5.86. The molecule has 2 heterocycles. The number of carboxylic acid groups (broad SMARTS) is 1. The number of carboxylic acids is 1. The average Bonchev–Trinajstić information content (AvgIpc) is 2.55. The SMILES string of the molecule is Cc1cccc(C2CCN[C@H](c3ccc(C(=O)O)cc3)C2)n1. The molecular weight excluding hydrogens is 276 g/mol. The molecule has 0 spiro atoms. The third kappa shape index (κ3) is 3.17. The van der Waals surface area contributed by atoms with Crippen LogP contribution in [0.1, 0.15) is 52.1 Å². The molecule has 3 rings (SSSR count). The number of aryl methyl sites for hydroxylation is 1. The number of pyridine rings is 1. The molecule has 0 radical (unpaired) electrons. The lowest BCUT2D eigenvalue weighted by atomic mass is 9.86. The highest BCUT2D eigenvalue weighted by Crippen LogP contribution is 2.33. The van der Waals surface area contributed by atoms with Crippen LogP contribution >= 0.6 is 0 Å². The standard InChI is InChI=1S/C18H20N2O2/c1-12-3-2-4-16(20-12)15-9-10-19-17(11-15)13-5-7-14(8-6-13)18(21)22/h2-8,15,17,19H,9-11H2,1H3,(H,21,22)/t15?,17-/m0/s1. The summed E-state index contributed by atoms with van der Waals surface area (Å²) in [6.45, 7) is 2.97. The zero-order valence-electron chi connectivity index (χ0n) is 12.6. The van der Waals surface area contributed by atoms with Crippen molar-refractivity contribution in [2.24, 2.45) is 0 Å². The lowest BCUT2D eigenvalue weighted by molar-refractivity contribution is 0.0697. The Morgan fingerprint density at radius 1 is 1.23 bits per heavy atom. The Morgan fingerprint density at radius 2 is 2.00 bits per heavy atom. The van der Waals surface area contributed by atoms with Crippen molar-refractivity contribution in [1.82, 2.24) is 10.3 Å². The van der Waals surface area contributed by atoms with Gasteiger partial charge in [0.15, 0.2) is 0 Å². The molecule has 0 aliphatic carbocycles. The minimum atomic E-state index is -0.884. The van der Waals surface area contributed by atoms with Crippen LogP contribution in [-0.4, -0.2) is 22.6 Å². The van der Waals surface area contributed by atoms with Crippen molar-refractivity contribution < 1.29 is 9.90 Å². The van der Waals surface area contributed by atoms with Crippen LogP contribution in [0.4, 0.5) is 0 Å². The Kier molecular flexibility index (Phi) is 4.20. The van der Waals surface area contributed by atoms with E-state index in [1.54, 1.807) is 12.1 Å². The quantitative estimate of drug-likeness (QED) is 0.912. The molecule has 0 bridgehead atoms. The Bertz CT molecular complexity index is 667. The fraction of sp³-hybridized carbons (Fsp3) is 0.333. The number of aromatic carboxylic acids is 1. The van der Waals surface area contributed by atoms with E-state index in [2.05, 4.69) is 22.4 Å². The number of hydrogen-bond acceptors (Lipinski definition) is 3.